The molecule has 0 aromatic rings. The van der Waals surface area contributed by atoms with E-state index in [4.69, 9.17) is 19.5 Å². The molecule has 1 unspecified atom stereocenters. The first kappa shape index (κ1) is 14.4. The topological polar surface area (TPSA) is 54.7 Å². The third kappa shape index (κ3) is 5.99. The Balaban J connectivity index is 1.89. The number of nitriles is 1. The Bertz CT molecular complexity index is 230. The van der Waals surface area contributed by atoms with E-state index in [2.05, 4.69) is 11.0 Å². The van der Waals surface area contributed by atoms with Crippen LogP contribution in [0.4, 0.5) is 0 Å². The van der Waals surface area contributed by atoms with E-state index in [1.165, 1.54) is 0 Å². The minimum atomic E-state index is 0.0940. The van der Waals surface area contributed by atoms with E-state index in [1.807, 2.05) is 0 Å². The molecule has 0 saturated carbocycles. The van der Waals surface area contributed by atoms with Crippen molar-refractivity contribution in [3.05, 3.63) is 0 Å². The molecule has 1 aliphatic heterocycles. The molecule has 0 aromatic carbocycles. The SMILES string of the molecule is COCCOCCOCCN1CCCC1C#N. The van der Waals surface area contributed by atoms with Crippen molar-refractivity contribution in [3.63, 3.8) is 0 Å². The predicted octanol–water partition coefficient (Wildman–Crippen LogP) is 0.654. The lowest BCUT2D eigenvalue weighted by Crippen LogP contribution is -2.31. The minimum absolute atomic E-state index is 0.0940. The summed E-state index contributed by atoms with van der Waals surface area (Å²) in [6.45, 7) is 4.98. The summed E-state index contributed by atoms with van der Waals surface area (Å²) in [5.41, 5.74) is 0. The second kappa shape index (κ2) is 9.37. The number of nitrogens with zero attached hydrogens (tertiary/aromatic N) is 2. The second-order valence-electron chi connectivity index (χ2n) is 4.04. The molecule has 5 nitrogen and oxygen atoms in total. The molecule has 1 heterocycles. The van der Waals surface area contributed by atoms with Gasteiger partial charge in [0.2, 0.25) is 0 Å². The fraction of sp³-hybridized carbons (Fsp3) is 0.917. The fourth-order valence-electron chi connectivity index (χ4n) is 1.89. The first-order chi connectivity index (χ1) is 8.38. The summed E-state index contributed by atoms with van der Waals surface area (Å²) < 4.78 is 15.6. The Morgan fingerprint density at radius 2 is 1.88 bits per heavy atom. The van der Waals surface area contributed by atoms with Crippen molar-refractivity contribution in [2.24, 2.45) is 0 Å². The number of rotatable bonds is 9. The van der Waals surface area contributed by atoms with Gasteiger partial charge in [-0.15, -0.1) is 0 Å². The van der Waals surface area contributed by atoms with E-state index < -0.39 is 0 Å². The molecule has 1 atom stereocenters. The molecule has 17 heavy (non-hydrogen) atoms. The van der Waals surface area contributed by atoms with Crippen LogP contribution >= 0.6 is 0 Å². The van der Waals surface area contributed by atoms with E-state index in [0.29, 0.717) is 33.0 Å². The van der Waals surface area contributed by atoms with Gasteiger partial charge in [0.15, 0.2) is 0 Å². The van der Waals surface area contributed by atoms with E-state index in [-0.39, 0.29) is 6.04 Å². The van der Waals surface area contributed by atoms with Gasteiger partial charge in [-0.2, -0.15) is 5.26 Å². The highest BCUT2D eigenvalue weighted by molar-refractivity contribution is 4.95. The quantitative estimate of drug-likeness (QED) is 0.556. The molecular weight excluding hydrogens is 220 g/mol. The summed E-state index contributed by atoms with van der Waals surface area (Å²) >= 11 is 0. The summed E-state index contributed by atoms with van der Waals surface area (Å²) in [4.78, 5) is 2.19. The fourth-order valence-corrected chi connectivity index (χ4v) is 1.89. The molecule has 0 bridgehead atoms. The van der Waals surface area contributed by atoms with Gasteiger partial charge in [0.25, 0.3) is 0 Å². The highest BCUT2D eigenvalue weighted by Crippen LogP contribution is 2.15. The number of hydrogen-bond acceptors (Lipinski definition) is 5. The van der Waals surface area contributed by atoms with Crippen LogP contribution in [0, 0.1) is 11.3 Å². The van der Waals surface area contributed by atoms with Crippen LogP contribution in [0.15, 0.2) is 0 Å². The maximum absolute atomic E-state index is 8.90. The predicted molar refractivity (Wildman–Crippen MR) is 63.7 cm³/mol. The van der Waals surface area contributed by atoms with Gasteiger partial charge in [0.05, 0.1) is 45.1 Å². The van der Waals surface area contributed by atoms with Gasteiger partial charge < -0.3 is 14.2 Å². The highest BCUT2D eigenvalue weighted by Gasteiger charge is 2.23. The zero-order valence-corrected chi connectivity index (χ0v) is 10.6. The third-order valence-corrected chi connectivity index (χ3v) is 2.84. The molecule has 1 rings (SSSR count). The van der Waals surface area contributed by atoms with Gasteiger partial charge in [0.1, 0.15) is 0 Å². The average Bonchev–Trinajstić information content (AvgIpc) is 2.80. The molecule has 1 saturated heterocycles. The van der Waals surface area contributed by atoms with Gasteiger partial charge in [0, 0.05) is 13.7 Å². The van der Waals surface area contributed by atoms with Crippen molar-refractivity contribution >= 4 is 0 Å². The summed E-state index contributed by atoms with van der Waals surface area (Å²) in [6, 6.07) is 2.42. The average molecular weight is 242 g/mol. The Morgan fingerprint density at radius 3 is 2.59 bits per heavy atom. The van der Waals surface area contributed by atoms with Crippen LogP contribution in [0.1, 0.15) is 12.8 Å². The lowest BCUT2D eigenvalue weighted by Gasteiger charge is -2.18. The molecular formula is C12H22N2O3. The van der Waals surface area contributed by atoms with Gasteiger partial charge in [-0.1, -0.05) is 0 Å². The Morgan fingerprint density at radius 1 is 1.18 bits per heavy atom. The molecule has 0 spiro atoms. The molecule has 0 N–H and O–H groups in total. The van der Waals surface area contributed by atoms with Crippen molar-refractivity contribution in [2.75, 3.05) is 53.2 Å². The second-order valence-corrected chi connectivity index (χ2v) is 4.04. The van der Waals surface area contributed by atoms with Crippen LogP contribution in [0.2, 0.25) is 0 Å². The smallest absolute Gasteiger partial charge is 0.0979 e. The molecule has 1 fully saturated rings. The standard InChI is InChI=1S/C12H22N2O3/c1-15-7-8-17-10-9-16-6-5-14-4-2-3-12(14)11-13/h12H,2-10H2,1H3. The molecule has 0 aromatic heterocycles. The van der Waals surface area contributed by atoms with Crippen molar-refractivity contribution in [1.82, 2.24) is 4.90 Å². The van der Waals surface area contributed by atoms with E-state index in [1.54, 1.807) is 7.11 Å². The zero-order chi connectivity index (χ0) is 12.3. The van der Waals surface area contributed by atoms with Crippen LogP contribution in [-0.4, -0.2) is 64.2 Å². The molecule has 1 aliphatic rings. The number of ether oxygens (including phenoxy) is 3. The maximum Gasteiger partial charge on any atom is 0.0979 e. The number of methoxy groups -OCH3 is 1. The third-order valence-electron chi connectivity index (χ3n) is 2.84. The zero-order valence-electron chi connectivity index (χ0n) is 10.6. The van der Waals surface area contributed by atoms with Gasteiger partial charge in [-0.25, -0.2) is 0 Å². The summed E-state index contributed by atoms with van der Waals surface area (Å²) in [5, 5.41) is 8.90. The van der Waals surface area contributed by atoms with Crippen LogP contribution in [-0.2, 0) is 14.2 Å². The van der Waals surface area contributed by atoms with Crippen molar-refractivity contribution < 1.29 is 14.2 Å². The van der Waals surface area contributed by atoms with Crippen LogP contribution in [0.5, 0.6) is 0 Å². The number of likely N-dealkylation sites (tertiary alicyclic amines) is 1. The van der Waals surface area contributed by atoms with Crippen molar-refractivity contribution in [3.8, 4) is 6.07 Å². The number of hydrogen-bond donors (Lipinski definition) is 0. The Kier molecular flexibility index (Phi) is 7.93. The molecule has 5 heteroatoms. The van der Waals surface area contributed by atoms with Crippen LogP contribution < -0.4 is 0 Å². The van der Waals surface area contributed by atoms with E-state index in [9.17, 15) is 0 Å². The maximum atomic E-state index is 8.90. The molecule has 98 valence electrons. The molecule has 0 amide bonds. The summed E-state index contributed by atoms with van der Waals surface area (Å²) in [5.74, 6) is 0. The first-order valence-electron chi connectivity index (χ1n) is 6.16. The summed E-state index contributed by atoms with van der Waals surface area (Å²) in [6.07, 6.45) is 2.12. The molecule has 0 aliphatic carbocycles. The van der Waals surface area contributed by atoms with Gasteiger partial charge in [-0.3, -0.25) is 4.90 Å². The molecule has 0 radical (unpaired) electrons. The van der Waals surface area contributed by atoms with Gasteiger partial charge >= 0.3 is 0 Å². The summed E-state index contributed by atoms with van der Waals surface area (Å²) in [7, 11) is 1.65. The van der Waals surface area contributed by atoms with Crippen molar-refractivity contribution in [1.29, 1.82) is 5.26 Å². The lowest BCUT2D eigenvalue weighted by atomic mass is 10.2. The van der Waals surface area contributed by atoms with Crippen molar-refractivity contribution in [2.45, 2.75) is 18.9 Å². The minimum Gasteiger partial charge on any atom is -0.382 e. The largest absolute Gasteiger partial charge is 0.382 e. The Hall–Kier alpha value is -0.670. The Labute approximate surface area is 103 Å². The van der Waals surface area contributed by atoms with Gasteiger partial charge in [-0.05, 0) is 19.4 Å². The lowest BCUT2D eigenvalue weighted by molar-refractivity contribution is 0.0197. The van der Waals surface area contributed by atoms with E-state index >= 15 is 0 Å². The van der Waals surface area contributed by atoms with Crippen LogP contribution in [0.3, 0.4) is 0 Å². The highest BCUT2D eigenvalue weighted by atomic mass is 16.5. The monoisotopic (exact) mass is 242 g/mol. The van der Waals surface area contributed by atoms with E-state index in [0.717, 1.165) is 25.9 Å². The van der Waals surface area contributed by atoms with Crippen LogP contribution in [0.25, 0.3) is 0 Å². The first-order valence-corrected chi connectivity index (χ1v) is 6.16. The normalized spacial score (nSPS) is 20.6.